The number of carbonyl (C=O) groups is 4. The van der Waals surface area contributed by atoms with Crippen molar-refractivity contribution in [2.75, 3.05) is 20.3 Å². The Kier molecular flexibility index (Phi) is 10.1. The topological polar surface area (TPSA) is 193 Å². The van der Waals surface area contributed by atoms with E-state index in [4.69, 9.17) is 9.47 Å². The van der Waals surface area contributed by atoms with Crippen molar-refractivity contribution in [3.8, 4) is 11.8 Å². The van der Waals surface area contributed by atoms with Crippen LogP contribution in [0, 0.1) is 23.6 Å². The van der Waals surface area contributed by atoms with Crippen LogP contribution in [0.4, 0.5) is 13.6 Å². The zero-order valence-corrected chi connectivity index (χ0v) is 29.9. The van der Waals surface area contributed by atoms with E-state index < -0.39 is 86.6 Å². The molecule has 0 radical (unpaired) electrons. The molecule has 1 saturated heterocycles. The molecule has 52 heavy (non-hydrogen) atoms. The summed E-state index contributed by atoms with van der Waals surface area (Å²) < 4.78 is 65.9. The summed E-state index contributed by atoms with van der Waals surface area (Å²) in [6, 6.07) is 2.98. The predicted octanol–water partition coefficient (Wildman–Crippen LogP) is 3.20. The molecule has 0 spiro atoms. The van der Waals surface area contributed by atoms with E-state index in [0.29, 0.717) is 30.0 Å². The molecule has 2 aliphatic carbocycles. The number of amides is 4. The Morgan fingerprint density at radius 2 is 1.92 bits per heavy atom. The lowest BCUT2D eigenvalue weighted by molar-refractivity contribution is -0.142. The third-order valence-corrected chi connectivity index (χ3v) is 12.9. The summed E-state index contributed by atoms with van der Waals surface area (Å²) in [7, 11) is -3.03. The zero-order chi connectivity index (χ0) is 37.6. The minimum Gasteiger partial charge on any atom is -0.481 e. The molecule has 4 N–H and O–H groups in total. The Balaban J connectivity index is 1.35. The second kappa shape index (κ2) is 14.1. The van der Waals surface area contributed by atoms with Crippen molar-refractivity contribution in [3.63, 3.8) is 0 Å². The summed E-state index contributed by atoms with van der Waals surface area (Å²) in [6.45, 7) is 2.39. The van der Waals surface area contributed by atoms with Crippen LogP contribution in [-0.4, -0.2) is 96.0 Å². The SMILES string of the molecule is COc1cc2cc(F)ccc2c(O[C@@H]2C[C@H]3C(=O)N[C@]4(C(=O)NS(=O)(=O)C5(CF)CC5)C[C@H]4/C=C\CC[C@@H](C)C[C@@H](C)[C@H](NC(=O)O)C(=O)N3C2)n1. The number of carboxylic acid groups (broad SMARTS) is 1. The largest absolute Gasteiger partial charge is 0.481 e. The number of fused-ring (bicyclic) bond motifs is 3. The highest BCUT2D eigenvalue weighted by Crippen LogP contribution is 2.48. The number of pyridine rings is 1. The Morgan fingerprint density at radius 1 is 1.17 bits per heavy atom. The Hall–Kier alpha value is -4.54. The quantitative estimate of drug-likeness (QED) is 0.292. The van der Waals surface area contributed by atoms with Crippen LogP contribution >= 0.6 is 0 Å². The minimum atomic E-state index is -4.41. The van der Waals surface area contributed by atoms with Gasteiger partial charge in [0.05, 0.1) is 13.7 Å². The number of carbonyl (C=O) groups excluding carboxylic acids is 3. The number of sulfonamides is 1. The van der Waals surface area contributed by atoms with E-state index in [1.54, 1.807) is 13.0 Å². The standard InChI is InChI=1S/C35H43F2N5O9S/c1-19-6-4-5-7-22-16-35(22,32(45)41-52(48,49)34(18-36)10-11-34)40-29(43)26-15-24(17-42(26)31(44)28(20(2)12-19)39-33(46)47)51-30-25-9-8-23(37)13-21(25)14-27(38-30)50-3/h5,7-9,13-14,19-20,22,24,26,28,39H,4,6,10-12,15-18H2,1-3H3,(H,40,43)(H,41,45)(H,46,47)/b7-5-/t19-,20-,22-,24-,26+,28+,35-/m1/s1. The van der Waals surface area contributed by atoms with Crippen LogP contribution in [0.25, 0.3) is 10.8 Å². The second-order valence-electron chi connectivity index (χ2n) is 14.6. The summed E-state index contributed by atoms with van der Waals surface area (Å²) in [5.74, 6) is -3.80. The van der Waals surface area contributed by atoms with Crippen LogP contribution in [0.2, 0.25) is 0 Å². The minimum absolute atomic E-state index is 0.0488. The maximum atomic E-state index is 14.3. The molecule has 0 bridgehead atoms. The van der Waals surface area contributed by atoms with Crippen molar-refractivity contribution in [1.82, 2.24) is 25.2 Å². The average molecular weight is 748 g/mol. The highest BCUT2D eigenvalue weighted by Gasteiger charge is 2.64. The summed E-state index contributed by atoms with van der Waals surface area (Å²) >= 11 is 0. The van der Waals surface area contributed by atoms with E-state index in [1.165, 1.54) is 36.3 Å². The first-order chi connectivity index (χ1) is 24.6. The number of nitrogens with zero attached hydrogens (tertiary/aromatic N) is 2. The highest BCUT2D eigenvalue weighted by molar-refractivity contribution is 7.91. The number of allylic oxidation sites excluding steroid dienone is 1. The lowest BCUT2D eigenvalue weighted by Gasteiger charge is -2.32. The van der Waals surface area contributed by atoms with Gasteiger partial charge in [0.1, 0.15) is 41.0 Å². The summed E-state index contributed by atoms with van der Waals surface area (Å²) in [5.41, 5.74) is -1.70. The first-order valence-electron chi connectivity index (χ1n) is 17.3. The molecule has 1 aromatic carbocycles. The van der Waals surface area contributed by atoms with Crippen molar-refractivity contribution in [3.05, 3.63) is 42.2 Å². The van der Waals surface area contributed by atoms with E-state index in [1.807, 2.05) is 17.7 Å². The lowest BCUT2D eigenvalue weighted by Crippen LogP contribution is -2.59. The average Bonchev–Trinajstić information content (AvgIpc) is 3.99. The van der Waals surface area contributed by atoms with Gasteiger partial charge in [0.15, 0.2) is 0 Å². The van der Waals surface area contributed by atoms with Crippen LogP contribution in [0.1, 0.15) is 58.8 Å². The fraction of sp³-hybridized carbons (Fsp3) is 0.571. The molecule has 6 rings (SSSR count). The van der Waals surface area contributed by atoms with Crippen molar-refractivity contribution in [2.45, 2.75) is 87.3 Å². The van der Waals surface area contributed by atoms with E-state index >= 15 is 0 Å². The molecule has 3 heterocycles. The number of nitrogens with one attached hydrogen (secondary N) is 3. The highest BCUT2D eigenvalue weighted by atomic mass is 32.2. The van der Waals surface area contributed by atoms with Crippen LogP contribution in [0.5, 0.6) is 11.8 Å². The molecular formula is C35H43F2N5O9S. The number of aromatic nitrogens is 1. The lowest BCUT2D eigenvalue weighted by atomic mass is 9.88. The van der Waals surface area contributed by atoms with Crippen molar-refractivity contribution in [2.24, 2.45) is 17.8 Å². The number of alkyl halides is 1. The molecular weight excluding hydrogens is 704 g/mol. The van der Waals surface area contributed by atoms with Gasteiger partial charge in [-0.3, -0.25) is 19.1 Å². The molecule has 2 aliphatic heterocycles. The van der Waals surface area contributed by atoms with Gasteiger partial charge < -0.3 is 30.1 Å². The number of ether oxygens (including phenoxy) is 2. The van der Waals surface area contributed by atoms with Crippen molar-refractivity contribution in [1.29, 1.82) is 0 Å². The van der Waals surface area contributed by atoms with Gasteiger partial charge in [-0.15, -0.1) is 0 Å². The monoisotopic (exact) mass is 747 g/mol. The van der Waals surface area contributed by atoms with E-state index in [9.17, 15) is 41.5 Å². The molecule has 17 heteroatoms. The Morgan fingerprint density at radius 3 is 2.60 bits per heavy atom. The van der Waals surface area contributed by atoms with Gasteiger partial charge in [-0.2, -0.15) is 4.98 Å². The normalized spacial score (nSPS) is 30.8. The Labute approximate surface area is 299 Å². The first-order valence-corrected chi connectivity index (χ1v) is 18.8. The van der Waals surface area contributed by atoms with Gasteiger partial charge in [0.2, 0.25) is 33.6 Å². The van der Waals surface area contributed by atoms with E-state index in [2.05, 4.69) is 15.6 Å². The van der Waals surface area contributed by atoms with Gasteiger partial charge in [-0.1, -0.05) is 26.0 Å². The Bertz CT molecular complexity index is 1910. The molecule has 2 saturated carbocycles. The molecule has 14 nitrogen and oxygen atoms in total. The van der Waals surface area contributed by atoms with Crippen LogP contribution in [0.3, 0.4) is 0 Å². The number of benzene rings is 1. The van der Waals surface area contributed by atoms with E-state index in [0.717, 1.165) is 0 Å². The summed E-state index contributed by atoms with van der Waals surface area (Å²) in [6.07, 6.45) is 3.10. The number of rotatable bonds is 8. The number of hydrogen-bond donors (Lipinski definition) is 4. The predicted molar refractivity (Wildman–Crippen MR) is 183 cm³/mol. The van der Waals surface area contributed by atoms with Gasteiger partial charge >= 0.3 is 6.09 Å². The number of halogens is 2. The fourth-order valence-corrected chi connectivity index (χ4v) is 8.84. The molecule has 1 aromatic heterocycles. The van der Waals surface area contributed by atoms with Gasteiger partial charge in [0, 0.05) is 23.8 Å². The molecule has 7 atom stereocenters. The maximum absolute atomic E-state index is 14.3. The maximum Gasteiger partial charge on any atom is 0.405 e. The van der Waals surface area contributed by atoms with Gasteiger partial charge in [0.25, 0.3) is 5.91 Å². The molecule has 4 amide bonds. The molecule has 0 unspecified atom stereocenters. The number of methoxy groups -OCH3 is 1. The molecule has 4 aliphatic rings. The second-order valence-corrected chi connectivity index (χ2v) is 16.7. The number of hydrogen-bond acceptors (Lipinski definition) is 9. The first kappa shape index (κ1) is 37.2. The van der Waals surface area contributed by atoms with Crippen LogP contribution < -0.4 is 24.8 Å². The third-order valence-electron chi connectivity index (χ3n) is 10.8. The molecule has 282 valence electrons. The third kappa shape index (κ3) is 7.23. The van der Waals surface area contributed by atoms with Gasteiger partial charge in [-0.05, 0) is 73.9 Å². The van der Waals surface area contributed by atoms with E-state index in [-0.39, 0.29) is 49.9 Å². The zero-order valence-electron chi connectivity index (χ0n) is 29.1. The smallest absolute Gasteiger partial charge is 0.405 e. The summed E-state index contributed by atoms with van der Waals surface area (Å²) in [5, 5.41) is 15.7. The van der Waals surface area contributed by atoms with Crippen LogP contribution in [-0.2, 0) is 24.4 Å². The van der Waals surface area contributed by atoms with Crippen molar-refractivity contribution >= 4 is 44.6 Å². The fourth-order valence-electron chi connectivity index (χ4n) is 7.41. The summed E-state index contributed by atoms with van der Waals surface area (Å²) in [4.78, 5) is 59.9. The van der Waals surface area contributed by atoms with Crippen LogP contribution in [0.15, 0.2) is 36.4 Å². The van der Waals surface area contributed by atoms with Crippen molar-refractivity contribution < 1.29 is 51.0 Å². The van der Waals surface area contributed by atoms with Gasteiger partial charge in [-0.25, -0.2) is 22.0 Å². The molecule has 2 aromatic rings. The molecule has 3 fully saturated rings.